The maximum absolute atomic E-state index is 15.4. The van der Waals surface area contributed by atoms with Crippen molar-refractivity contribution in [3.05, 3.63) is 41.7 Å². The molecular formula is C27H33FN6O2. The van der Waals surface area contributed by atoms with E-state index in [4.69, 9.17) is 14.5 Å². The quantitative estimate of drug-likeness (QED) is 0.427. The first kappa shape index (κ1) is 23.4. The van der Waals surface area contributed by atoms with Gasteiger partial charge in [-0.2, -0.15) is 5.10 Å². The number of halogens is 1. The summed E-state index contributed by atoms with van der Waals surface area (Å²) >= 11 is 0. The van der Waals surface area contributed by atoms with Crippen LogP contribution in [-0.2, 0) is 4.74 Å². The van der Waals surface area contributed by atoms with Crippen LogP contribution < -0.4 is 4.74 Å². The molecule has 0 aromatic carbocycles. The number of pyridine rings is 2. The summed E-state index contributed by atoms with van der Waals surface area (Å²) in [5.74, 6) is 0.755. The van der Waals surface area contributed by atoms with E-state index >= 15 is 4.39 Å². The second-order valence-electron chi connectivity index (χ2n) is 10.3. The lowest BCUT2D eigenvalue weighted by Gasteiger charge is -2.38. The molecule has 0 amide bonds. The smallest absolute Gasteiger partial charge is 0.197 e. The van der Waals surface area contributed by atoms with Gasteiger partial charge in [-0.15, -0.1) is 0 Å². The van der Waals surface area contributed by atoms with Crippen LogP contribution in [0.25, 0.3) is 27.9 Å². The SMILES string of the molecule is COc1cc(-c2[nH]c3cc(F)c(C4CCC(N5CCOCC5)CC4)nc3c2C(C)C)cn2ncnc12. The molecule has 0 radical (unpaired) electrons. The Kier molecular flexibility index (Phi) is 6.13. The van der Waals surface area contributed by atoms with Crippen LogP contribution in [0.4, 0.5) is 4.39 Å². The second-order valence-corrected chi connectivity index (χ2v) is 10.3. The summed E-state index contributed by atoms with van der Waals surface area (Å²) in [5.41, 5.74) is 5.73. The molecule has 4 aromatic heterocycles. The fourth-order valence-corrected chi connectivity index (χ4v) is 6.04. The minimum Gasteiger partial charge on any atom is -0.493 e. The maximum atomic E-state index is 15.4. The number of methoxy groups -OCH3 is 1. The lowest BCUT2D eigenvalue weighted by Crippen LogP contribution is -2.44. The highest BCUT2D eigenvalue weighted by Crippen LogP contribution is 2.40. The highest BCUT2D eigenvalue weighted by atomic mass is 19.1. The fraction of sp³-hybridized carbons (Fsp3) is 0.519. The molecule has 190 valence electrons. The zero-order valence-corrected chi connectivity index (χ0v) is 21.1. The van der Waals surface area contributed by atoms with Crippen molar-refractivity contribution in [3.63, 3.8) is 0 Å². The number of fused-ring (bicyclic) bond motifs is 2. The van der Waals surface area contributed by atoms with Gasteiger partial charge in [0.2, 0.25) is 0 Å². The molecule has 2 aliphatic rings. The van der Waals surface area contributed by atoms with E-state index in [9.17, 15) is 0 Å². The molecule has 1 aliphatic heterocycles. The van der Waals surface area contributed by atoms with Crippen molar-refractivity contribution in [1.82, 2.24) is 29.5 Å². The van der Waals surface area contributed by atoms with Crippen LogP contribution in [0.1, 0.15) is 62.6 Å². The summed E-state index contributed by atoms with van der Waals surface area (Å²) in [4.78, 5) is 15.3. The summed E-state index contributed by atoms with van der Waals surface area (Å²) in [7, 11) is 1.62. The van der Waals surface area contributed by atoms with Crippen LogP contribution in [0, 0.1) is 5.82 Å². The summed E-state index contributed by atoms with van der Waals surface area (Å²) in [6, 6.07) is 4.15. The van der Waals surface area contributed by atoms with E-state index in [0.717, 1.165) is 79.8 Å². The van der Waals surface area contributed by atoms with Gasteiger partial charge in [-0.1, -0.05) is 13.8 Å². The molecule has 5 heterocycles. The van der Waals surface area contributed by atoms with Crippen LogP contribution in [0.5, 0.6) is 5.75 Å². The molecule has 1 saturated carbocycles. The van der Waals surface area contributed by atoms with Crippen molar-refractivity contribution in [2.45, 2.75) is 57.4 Å². The van der Waals surface area contributed by atoms with Crippen molar-refractivity contribution in [2.75, 3.05) is 33.4 Å². The van der Waals surface area contributed by atoms with E-state index in [1.165, 1.54) is 6.33 Å². The van der Waals surface area contributed by atoms with E-state index in [2.05, 4.69) is 33.8 Å². The number of H-pyrrole nitrogens is 1. The van der Waals surface area contributed by atoms with Gasteiger partial charge in [0.1, 0.15) is 12.1 Å². The highest BCUT2D eigenvalue weighted by molar-refractivity contribution is 5.89. The molecule has 9 heteroatoms. The molecule has 0 unspecified atom stereocenters. The van der Waals surface area contributed by atoms with Crippen molar-refractivity contribution in [1.29, 1.82) is 0 Å². The third kappa shape index (κ3) is 4.04. The Morgan fingerprint density at radius 3 is 2.64 bits per heavy atom. The van der Waals surface area contributed by atoms with Crippen LogP contribution in [-0.4, -0.2) is 68.9 Å². The Morgan fingerprint density at radius 2 is 1.92 bits per heavy atom. The van der Waals surface area contributed by atoms with Crippen molar-refractivity contribution >= 4 is 16.7 Å². The molecule has 1 saturated heterocycles. The monoisotopic (exact) mass is 492 g/mol. The second kappa shape index (κ2) is 9.44. The molecule has 1 aliphatic carbocycles. The number of nitrogens with one attached hydrogen (secondary N) is 1. The molecule has 36 heavy (non-hydrogen) atoms. The van der Waals surface area contributed by atoms with Gasteiger partial charge in [0, 0.05) is 48.4 Å². The van der Waals surface area contributed by atoms with Gasteiger partial charge in [-0.3, -0.25) is 4.90 Å². The van der Waals surface area contributed by atoms with E-state index in [1.807, 2.05) is 12.3 Å². The Hall–Kier alpha value is -3.04. The van der Waals surface area contributed by atoms with Crippen LogP contribution in [0.2, 0.25) is 0 Å². The van der Waals surface area contributed by atoms with E-state index in [-0.39, 0.29) is 17.7 Å². The van der Waals surface area contributed by atoms with Gasteiger partial charge < -0.3 is 14.5 Å². The largest absolute Gasteiger partial charge is 0.493 e. The molecule has 1 N–H and O–H groups in total. The third-order valence-electron chi connectivity index (χ3n) is 7.86. The Labute approximate surface area is 209 Å². The number of hydrogen-bond acceptors (Lipinski definition) is 6. The number of hydrogen-bond donors (Lipinski definition) is 1. The van der Waals surface area contributed by atoms with Crippen LogP contribution >= 0.6 is 0 Å². The summed E-state index contributed by atoms with van der Waals surface area (Å²) in [5, 5.41) is 4.30. The third-order valence-corrected chi connectivity index (χ3v) is 7.86. The number of nitrogens with zero attached hydrogens (tertiary/aromatic N) is 5. The van der Waals surface area contributed by atoms with Gasteiger partial charge >= 0.3 is 0 Å². The van der Waals surface area contributed by atoms with E-state index in [1.54, 1.807) is 17.7 Å². The summed E-state index contributed by atoms with van der Waals surface area (Å²) in [6.07, 6.45) is 7.52. The minimum absolute atomic E-state index is 0.150. The number of aromatic amines is 1. The number of ether oxygens (including phenoxy) is 2. The van der Waals surface area contributed by atoms with Crippen molar-refractivity contribution < 1.29 is 13.9 Å². The number of rotatable bonds is 5. The lowest BCUT2D eigenvalue weighted by atomic mass is 9.82. The predicted molar refractivity (Wildman–Crippen MR) is 136 cm³/mol. The van der Waals surface area contributed by atoms with Gasteiger partial charge in [0.05, 0.1) is 42.7 Å². The Bertz CT molecular complexity index is 1380. The fourth-order valence-electron chi connectivity index (χ4n) is 6.04. The van der Waals surface area contributed by atoms with Crippen molar-refractivity contribution in [3.8, 4) is 17.0 Å². The minimum atomic E-state index is -0.218. The van der Waals surface area contributed by atoms with Crippen molar-refractivity contribution in [2.24, 2.45) is 0 Å². The lowest BCUT2D eigenvalue weighted by molar-refractivity contribution is 0.00714. The van der Waals surface area contributed by atoms with Gasteiger partial charge in [-0.25, -0.2) is 18.9 Å². The van der Waals surface area contributed by atoms with Gasteiger partial charge in [0.15, 0.2) is 11.4 Å². The molecule has 8 nitrogen and oxygen atoms in total. The molecule has 0 atom stereocenters. The normalized spacial score (nSPS) is 21.6. The summed E-state index contributed by atoms with van der Waals surface area (Å²) < 4.78 is 28.2. The molecule has 2 fully saturated rings. The maximum Gasteiger partial charge on any atom is 0.197 e. The first-order chi connectivity index (χ1) is 17.5. The molecule has 4 aromatic rings. The topological polar surface area (TPSA) is 80.6 Å². The molecular weight excluding hydrogens is 459 g/mol. The first-order valence-electron chi connectivity index (χ1n) is 12.9. The van der Waals surface area contributed by atoms with Gasteiger partial charge in [-0.05, 0) is 37.7 Å². The van der Waals surface area contributed by atoms with Crippen LogP contribution in [0.15, 0.2) is 24.7 Å². The average Bonchev–Trinajstić information content (AvgIpc) is 3.52. The summed E-state index contributed by atoms with van der Waals surface area (Å²) in [6.45, 7) is 7.93. The average molecular weight is 493 g/mol. The zero-order chi connectivity index (χ0) is 24.8. The Balaban J connectivity index is 1.36. The predicted octanol–water partition coefficient (Wildman–Crippen LogP) is 4.90. The standard InChI is InChI=1S/C27H33FN6O2/c1-16(2)23-25(18-12-22(35-3)27-29-15-30-34(27)14-18)31-21-13-20(28)24(32-26(21)23)17-4-6-19(7-5-17)33-8-10-36-11-9-33/h12-17,19,31H,4-11H2,1-3H3. The number of morpholine rings is 1. The van der Waals surface area contributed by atoms with E-state index < -0.39 is 0 Å². The molecule has 0 spiro atoms. The first-order valence-corrected chi connectivity index (χ1v) is 12.9. The van der Waals surface area contributed by atoms with Gasteiger partial charge in [0.25, 0.3) is 0 Å². The highest BCUT2D eigenvalue weighted by Gasteiger charge is 2.30. The molecule has 0 bridgehead atoms. The number of aromatic nitrogens is 5. The Morgan fingerprint density at radius 1 is 1.14 bits per heavy atom. The van der Waals surface area contributed by atoms with Crippen LogP contribution in [0.3, 0.4) is 0 Å². The molecule has 6 rings (SSSR count). The zero-order valence-electron chi connectivity index (χ0n) is 21.1. The van der Waals surface area contributed by atoms with E-state index in [0.29, 0.717) is 23.1 Å².